The third-order valence-electron chi connectivity index (χ3n) is 2.62. The van der Waals surface area contributed by atoms with E-state index in [1.165, 1.54) is 6.26 Å². The van der Waals surface area contributed by atoms with Crippen LogP contribution in [0.1, 0.15) is 33.0 Å². The minimum absolute atomic E-state index is 0.0913. The van der Waals surface area contributed by atoms with Gasteiger partial charge in [-0.3, -0.25) is 4.79 Å². The Hall–Kier alpha value is -1.29. The van der Waals surface area contributed by atoms with Gasteiger partial charge in [0.1, 0.15) is 11.4 Å². The Morgan fingerprint density at radius 2 is 2.31 bits per heavy atom. The maximum atomic E-state index is 11.4. The molecule has 0 aromatic carbocycles. The van der Waals surface area contributed by atoms with Crippen LogP contribution in [0.3, 0.4) is 0 Å². The van der Waals surface area contributed by atoms with Crippen molar-refractivity contribution in [3.05, 3.63) is 24.2 Å². The normalized spacial score (nSPS) is 14.8. The molecule has 0 aliphatic carbocycles. The summed E-state index contributed by atoms with van der Waals surface area (Å²) in [6.45, 7) is 5.72. The van der Waals surface area contributed by atoms with Crippen LogP contribution >= 0.6 is 0 Å². The van der Waals surface area contributed by atoms with E-state index >= 15 is 0 Å². The molecule has 0 spiro atoms. The highest BCUT2D eigenvalue weighted by Gasteiger charge is 2.38. The van der Waals surface area contributed by atoms with Crippen molar-refractivity contribution in [3.63, 3.8) is 0 Å². The third kappa shape index (κ3) is 2.64. The van der Waals surface area contributed by atoms with E-state index in [-0.39, 0.29) is 12.3 Å². The van der Waals surface area contributed by atoms with Crippen molar-refractivity contribution < 1.29 is 19.1 Å². The molecule has 1 heterocycles. The summed E-state index contributed by atoms with van der Waals surface area (Å²) in [5.41, 5.74) is -1.30. The van der Waals surface area contributed by atoms with Crippen LogP contribution in [-0.4, -0.2) is 17.7 Å². The fourth-order valence-corrected chi connectivity index (χ4v) is 1.53. The predicted molar refractivity (Wildman–Crippen MR) is 58.7 cm³/mol. The lowest BCUT2D eigenvalue weighted by atomic mass is 9.85. The summed E-state index contributed by atoms with van der Waals surface area (Å²) in [6.07, 6.45) is 1.39. The van der Waals surface area contributed by atoms with E-state index in [0.717, 1.165) is 0 Å². The summed E-state index contributed by atoms with van der Waals surface area (Å²) in [7, 11) is 0. The lowest BCUT2D eigenvalue weighted by Crippen LogP contribution is -2.35. The van der Waals surface area contributed by atoms with E-state index in [0.29, 0.717) is 12.4 Å². The van der Waals surface area contributed by atoms with Crippen molar-refractivity contribution in [2.75, 3.05) is 6.61 Å². The fraction of sp³-hybridized carbons (Fsp3) is 0.583. The number of esters is 1. The van der Waals surface area contributed by atoms with Crippen molar-refractivity contribution in [1.82, 2.24) is 0 Å². The van der Waals surface area contributed by atoms with Gasteiger partial charge in [-0.25, -0.2) is 0 Å². The molecule has 16 heavy (non-hydrogen) atoms. The molecular formula is C12H18O4. The second-order valence-corrected chi connectivity index (χ2v) is 4.04. The molecule has 4 nitrogen and oxygen atoms in total. The highest BCUT2D eigenvalue weighted by Crippen LogP contribution is 2.33. The molecule has 0 bridgehead atoms. The Morgan fingerprint density at radius 1 is 1.62 bits per heavy atom. The van der Waals surface area contributed by atoms with Gasteiger partial charge in [-0.05, 0) is 25.0 Å². The Kier molecular flexibility index (Phi) is 4.12. The highest BCUT2D eigenvalue weighted by atomic mass is 16.5. The number of carbonyl (C=O) groups excluding carboxylic acids is 1. The summed E-state index contributed by atoms with van der Waals surface area (Å²) in [5.74, 6) is -0.159. The van der Waals surface area contributed by atoms with Gasteiger partial charge in [0, 0.05) is 0 Å². The minimum Gasteiger partial charge on any atom is -0.466 e. The molecule has 0 radical (unpaired) electrons. The standard InChI is InChI=1S/C12H18O4/c1-4-15-11(13)8-12(14,9(2)3)10-6-5-7-16-10/h5-7,9,14H,4,8H2,1-3H3. The number of ether oxygens (including phenoxy) is 1. The summed E-state index contributed by atoms with van der Waals surface area (Å²) < 4.78 is 10.0. The molecule has 0 fully saturated rings. The first-order valence-corrected chi connectivity index (χ1v) is 5.42. The number of rotatable bonds is 5. The van der Waals surface area contributed by atoms with Gasteiger partial charge in [0.05, 0.1) is 19.3 Å². The second-order valence-electron chi connectivity index (χ2n) is 4.04. The smallest absolute Gasteiger partial charge is 0.309 e. The molecule has 0 saturated heterocycles. The van der Waals surface area contributed by atoms with Gasteiger partial charge < -0.3 is 14.3 Å². The first-order chi connectivity index (χ1) is 7.50. The van der Waals surface area contributed by atoms with Gasteiger partial charge in [-0.2, -0.15) is 0 Å². The molecular weight excluding hydrogens is 208 g/mol. The van der Waals surface area contributed by atoms with E-state index in [1.807, 2.05) is 13.8 Å². The molecule has 1 aromatic rings. The van der Waals surface area contributed by atoms with Crippen molar-refractivity contribution in [2.24, 2.45) is 5.92 Å². The van der Waals surface area contributed by atoms with Gasteiger partial charge in [0.25, 0.3) is 0 Å². The maximum absolute atomic E-state index is 11.4. The first-order valence-electron chi connectivity index (χ1n) is 5.42. The van der Waals surface area contributed by atoms with Gasteiger partial charge in [-0.1, -0.05) is 13.8 Å². The lowest BCUT2D eigenvalue weighted by Gasteiger charge is -2.28. The number of aliphatic hydroxyl groups is 1. The Labute approximate surface area is 95.2 Å². The minimum atomic E-state index is -1.30. The largest absolute Gasteiger partial charge is 0.466 e. The molecule has 1 rings (SSSR count). The SMILES string of the molecule is CCOC(=O)CC(O)(c1ccco1)C(C)C. The summed E-state index contributed by atoms with van der Waals surface area (Å²) in [4.78, 5) is 11.4. The molecule has 0 aliphatic rings. The van der Waals surface area contributed by atoms with Gasteiger partial charge >= 0.3 is 5.97 Å². The molecule has 0 amide bonds. The highest BCUT2D eigenvalue weighted by molar-refractivity contribution is 5.70. The number of hydrogen-bond acceptors (Lipinski definition) is 4. The Bertz CT molecular complexity index is 329. The zero-order chi connectivity index (χ0) is 12.2. The van der Waals surface area contributed by atoms with Crippen LogP contribution in [0.5, 0.6) is 0 Å². The first kappa shape index (κ1) is 12.8. The number of hydrogen-bond donors (Lipinski definition) is 1. The maximum Gasteiger partial charge on any atom is 0.309 e. The molecule has 4 heteroatoms. The Balaban J connectivity index is 2.86. The van der Waals surface area contributed by atoms with Crippen molar-refractivity contribution >= 4 is 5.97 Å². The average molecular weight is 226 g/mol. The van der Waals surface area contributed by atoms with Crippen LogP contribution in [0.4, 0.5) is 0 Å². The third-order valence-corrected chi connectivity index (χ3v) is 2.62. The van der Waals surface area contributed by atoms with Crippen molar-refractivity contribution in [1.29, 1.82) is 0 Å². The molecule has 0 saturated carbocycles. The van der Waals surface area contributed by atoms with Crippen LogP contribution < -0.4 is 0 Å². The van der Waals surface area contributed by atoms with Gasteiger partial charge in [0.15, 0.2) is 0 Å². The molecule has 90 valence electrons. The second kappa shape index (κ2) is 5.16. The van der Waals surface area contributed by atoms with Crippen LogP contribution in [0.15, 0.2) is 22.8 Å². The van der Waals surface area contributed by atoms with E-state index in [2.05, 4.69) is 0 Å². The topological polar surface area (TPSA) is 59.7 Å². The quantitative estimate of drug-likeness (QED) is 0.781. The van der Waals surface area contributed by atoms with E-state index in [9.17, 15) is 9.90 Å². The monoisotopic (exact) mass is 226 g/mol. The van der Waals surface area contributed by atoms with Crippen LogP contribution in [-0.2, 0) is 15.1 Å². The summed E-state index contributed by atoms with van der Waals surface area (Å²) in [5, 5.41) is 10.5. The molecule has 1 aromatic heterocycles. The lowest BCUT2D eigenvalue weighted by molar-refractivity contribution is -0.152. The van der Waals surface area contributed by atoms with Crippen molar-refractivity contribution in [2.45, 2.75) is 32.8 Å². The van der Waals surface area contributed by atoms with Crippen LogP contribution in [0, 0.1) is 5.92 Å². The van der Waals surface area contributed by atoms with E-state index < -0.39 is 11.6 Å². The number of furan rings is 1. The van der Waals surface area contributed by atoms with E-state index in [1.54, 1.807) is 19.1 Å². The average Bonchev–Trinajstić information content (AvgIpc) is 2.70. The van der Waals surface area contributed by atoms with E-state index in [4.69, 9.17) is 9.15 Å². The molecule has 0 aliphatic heterocycles. The molecule has 1 unspecified atom stereocenters. The zero-order valence-corrected chi connectivity index (χ0v) is 9.90. The number of carbonyl (C=O) groups is 1. The van der Waals surface area contributed by atoms with Crippen molar-refractivity contribution in [3.8, 4) is 0 Å². The molecule has 1 atom stereocenters. The van der Waals surface area contributed by atoms with Gasteiger partial charge in [-0.15, -0.1) is 0 Å². The Morgan fingerprint density at radius 3 is 2.75 bits per heavy atom. The fourth-order valence-electron chi connectivity index (χ4n) is 1.53. The summed E-state index contributed by atoms with van der Waals surface area (Å²) in [6, 6.07) is 3.35. The summed E-state index contributed by atoms with van der Waals surface area (Å²) >= 11 is 0. The van der Waals surface area contributed by atoms with Gasteiger partial charge in [0.2, 0.25) is 0 Å². The zero-order valence-electron chi connectivity index (χ0n) is 9.90. The molecule has 1 N–H and O–H groups in total. The predicted octanol–water partition coefficient (Wildman–Crippen LogP) is 2.08. The van der Waals surface area contributed by atoms with Crippen LogP contribution in [0.25, 0.3) is 0 Å². The van der Waals surface area contributed by atoms with Crippen LogP contribution in [0.2, 0.25) is 0 Å².